The molecule has 4 nitrogen and oxygen atoms in total. The second-order valence-corrected chi connectivity index (χ2v) is 5.94. The minimum absolute atomic E-state index is 0.0739. The van der Waals surface area contributed by atoms with E-state index in [2.05, 4.69) is 0 Å². The molecule has 0 bridgehead atoms. The van der Waals surface area contributed by atoms with Crippen molar-refractivity contribution in [2.45, 2.75) is 65.9 Å². The topological polar surface area (TPSA) is 52.6 Å². The Morgan fingerprint density at radius 1 is 1.16 bits per heavy atom. The maximum absolute atomic E-state index is 12.3. The zero-order valence-corrected chi connectivity index (χ0v) is 12.5. The van der Waals surface area contributed by atoms with Gasteiger partial charge in [-0.05, 0) is 26.7 Å². The lowest BCUT2D eigenvalue weighted by molar-refractivity contribution is -0.178. The van der Waals surface area contributed by atoms with Crippen LogP contribution in [-0.4, -0.2) is 24.6 Å². The summed E-state index contributed by atoms with van der Waals surface area (Å²) in [4.78, 5) is 24.1. The van der Waals surface area contributed by atoms with Crippen molar-refractivity contribution >= 4 is 11.9 Å². The number of esters is 2. The molecule has 0 saturated heterocycles. The summed E-state index contributed by atoms with van der Waals surface area (Å²) in [7, 11) is 0. The number of hydrogen-bond acceptors (Lipinski definition) is 4. The Kier molecular flexibility index (Phi) is 5.83. The average molecular weight is 270 g/mol. The molecule has 0 N–H and O–H groups in total. The van der Waals surface area contributed by atoms with Crippen LogP contribution in [0.1, 0.15) is 59.8 Å². The molecule has 0 aromatic heterocycles. The molecule has 1 rings (SSSR count). The number of rotatable bonds is 5. The van der Waals surface area contributed by atoms with E-state index in [1.165, 1.54) is 6.42 Å². The highest BCUT2D eigenvalue weighted by molar-refractivity contribution is 5.82. The van der Waals surface area contributed by atoms with Gasteiger partial charge in [-0.25, -0.2) is 4.79 Å². The largest absolute Gasteiger partial charge is 0.463 e. The van der Waals surface area contributed by atoms with Crippen molar-refractivity contribution in [1.82, 2.24) is 0 Å². The molecule has 1 aliphatic rings. The van der Waals surface area contributed by atoms with Crippen LogP contribution in [0.3, 0.4) is 0 Å². The van der Waals surface area contributed by atoms with Crippen LogP contribution in [0.4, 0.5) is 0 Å². The molecule has 1 fully saturated rings. The van der Waals surface area contributed by atoms with Crippen molar-refractivity contribution < 1.29 is 19.1 Å². The summed E-state index contributed by atoms with van der Waals surface area (Å²) in [6.07, 6.45) is 4.19. The van der Waals surface area contributed by atoms with Crippen LogP contribution in [0.2, 0.25) is 0 Å². The fraction of sp³-hybridized carbons (Fsp3) is 0.867. The fourth-order valence-corrected chi connectivity index (χ4v) is 2.47. The molecule has 1 saturated carbocycles. The average Bonchev–Trinajstić information content (AvgIpc) is 2.36. The molecule has 19 heavy (non-hydrogen) atoms. The number of carbonyl (C=O) groups excluding carboxylic acids is 2. The lowest BCUT2D eigenvalue weighted by atomic mass is 9.76. The molecule has 0 aromatic carbocycles. The highest BCUT2D eigenvalue weighted by Crippen LogP contribution is 2.37. The molecule has 4 heteroatoms. The minimum atomic E-state index is -0.786. The SMILES string of the molecule is CCOC(=O)C(OC(=O)C1(C)CCCCC1)C(C)C. The first-order valence-electron chi connectivity index (χ1n) is 7.28. The molecule has 0 amide bonds. The van der Waals surface area contributed by atoms with Gasteiger partial charge in [-0.2, -0.15) is 0 Å². The van der Waals surface area contributed by atoms with E-state index in [1.54, 1.807) is 6.92 Å². The Balaban J connectivity index is 2.67. The van der Waals surface area contributed by atoms with Crippen LogP contribution in [0, 0.1) is 11.3 Å². The molecule has 0 heterocycles. The third kappa shape index (κ3) is 4.22. The van der Waals surface area contributed by atoms with Gasteiger partial charge in [0.15, 0.2) is 0 Å². The fourth-order valence-electron chi connectivity index (χ4n) is 2.47. The zero-order chi connectivity index (χ0) is 14.5. The molecule has 110 valence electrons. The molecule has 0 aliphatic heterocycles. The van der Waals surface area contributed by atoms with Crippen molar-refractivity contribution in [3.8, 4) is 0 Å². The first kappa shape index (κ1) is 16.0. The minimum Gasteiger partial charge on any atom is -0.463 e. The first-order chi connectivity index (χ1) is 8.90. The van der Waals surface area contributed by atoms with Gasteiger partial charge in [0.05, 0.1) is 12.0 Å². The van der Waals surface area contributed by atoms with E-state index in [-0.39, 0.29) is 11.9 Å². The van der Waals surface area contributed by atoms with E-state index < -0.39 is 17.5 Å². The zero-order valence-electron chi connectivity index (χ0n) is 12.5. The van der Waals surface area contributed by atoms with Gasteiger partial charge in [-0.1, -0.05) is 33.1 Å². The summed E-state index contributed by atoms with van der Waals surface area (Å²) < 4.78 is 10.4. The lowest BCUT2D eigenvalue weighted by Gasteiger charge is -2.33. The summed E-state index contributed by atoms with van der Waals surface area (Å²) in [5, 5.41) is 0. The van der Waals surface area contributed by atoms with Crippen molar-refractivity contribution in [3.05, 3.63) is 0 Å². The van der Waals surface area contributed by atoms with Gasteiger partial charge in [-0.3, -0.25) is 4.79 Å². The van der Waals surface area contributed by atoms with Gasteiger partial charge in [0, 0.05) is 5.92 Å². The summed E-state index contributed by atoms with van der Waals surface area (Å²) in [5.41, 5.74) is -0.433. The molecule has 0 aromatic rings. The lowest BCUT2D eigenvalue weighted by Crippen LogP contribution is -2.40. The summed E-state index contributed by atoms with van der Waals surface area (Å²) in [6.45, 7) is 7.71. The molecular formula is C15H26O4. The summed E-state index contributed by atoms with van der Waals surface area (Å²) in [5.74, 6) is -0.764. The van der Waals surface area contributed by atoms with Crippen LogP contribution in [-0.2, 0) is 19.1 Å². The van der Waals surface area contributed by atoms with E-state index >= 15 is 0 Å². The van der Waals surface area contributed by atoms with Crippen molar-refractivity contribution in [2.75, 3.05) is 6.61 Å². The maximum Gasteiger partial charge on any atom is 0.347 e. The summed E-state index contributed by atoms with van der Waals surface area (Å²) >= 11 is 0. The molecule has 0 radical (unpaired) electrons. The normalized spacial score (nSPS) is 19.8. The molecule has 1 atom stereocenters. The van der Waals surface area contributed by atoms with Crippen LogP contribution < -0.4 is 0 Å². The molecular weight excluding hydrogens is 244 g/mol. The second-order valence-electron chi connectivity index (χ2n) is 5.94. The van der Waals surface area contributed by atoms with E-state index in [1.807, 2.05) is 20.8 Å². The Morgan fingerprint density at radius 3 is 2.21 bits per heavy atom. The predicted molar refractivity (Wildman–Crippen MR) is 72.5 cm³/mol. The Labute approximate surface area is 115 Å². The summed E-state index contributed by atoms with van der Waals surface area (Å²) in [6, 6.07) is 0. The van der Waals surface area contributed by atoms with Gasteiger partial charge < -0.3 is 9.47 Å². The Morgan fingerprint density at radius 2 is 1.74 bits per heavy atom. The second kappa shape index (κ2) is 6.92. The van der Waals surface area contributed by atoms with Gasteiger partial charge in [0.2, 0.25) is 6.10 Å². The van der Waals surface area contributed by atoms with Gasteiger partial charge >= 0.3 is 11.9 Å². The first-order valence-corrected chi connectivity index (χ1v) is 7.28. The van der Waals surface area contributed by atoms with Crippen LogP contribution in [0.15, 0.2) is 0 Å². The highest BCUT2D eigenvalue weighted by atomic mass is 16.6. The van der Waals surface area contributed by atoms with Crippen molar-refractivity contribution in [1.29, 1.82) is 0 Å². The standard InChI is InChI=1S/C15H26O4/c1-5-18-13(16)12(11(2)3)19-14(17)15(4)9-7-6-8-10-15/h11-12H,5-10H2,1-4H3. The third-order valence-corrected chi connectivity index (χ3v) is 3.81. The predicted octanol–water partition coefficient (Wildman–Crippen LogP) is 3.09. The quantitative estimate of drug-likeness (QED) is 0.720. The Hall–Kier alpha value is -1.06. The third-order valence-electron chi connectivity index (χ3n) is 3.81. The molecule has 1 unspecified atom stereocenters. The highest BCUT2D eigenvalue weighted by Gasteiger charge is 2.39. The van der Waals surface area contributed by atoms with Crippen LogP contribution in [0.25, 0.3) is 0 Å². The monoisotopic (exact) mass is 270 g/mol. The number of hydrogen-bond donors (Lipinski definition) is 0. The van der Waals surface area contributed by atoms with Gasteiger partial charge in [0.25, 0.3) is 0 Å². The van der Waals surface area contributed by atoms with E-state index in [0.29, 0.717) is 6.61 Å². The van der Waals surface area contributed by atoms with Crippen molar-refractivity contribution in [2.24, 2.45) is 11.3 Å². The molecule has 1 aliphatic carbocycles. The van der Waals surface area contributed by atoms with E-state index in [0.717, 1.165) is 25.7 Å². The number of ether oxygens (including phenoxy) is 2. The van der Waals surface area contributed by atoms with Crippen LogP contribution in [0.5, 0.6) is 0 Å². The van der Waals surface area contributed by atoms with Crippen molar-refractivity contribution in [3.63, 3.8) is 0 Å². The smallest absolute Gasteiger partial charge is 0.347 e. The van der Waals surface area contributed by atoms with Gasteiger partial charge in [-0.15, -0.1) is 0 Å². The Bertz CT molecular complexity index is 316. The van der Waals surface area contributed by atoms with E-state index in [9.17, 15) is 9.59 Å². The van der Waals surface area contributed by atoms with Crippen LogP contribution >= 0.6 is 0 Å². The maximum atomic E-state index is 12.3. The van der Waals surface area contributed by atoms with E-state index in [4.69, 9.17) is 9.47 Å². The number of carbonyl (C=O) groups is 2. The van der Waals surface area contributed by atoms with Gasteiger partial charge in [0.1, 0.15) is 0 Å². The molecule has 0 spiro atoms.